The fraction of sp³-hybridized carbons (Fsp3) is 0.933. The Labute approximate surface area is 231 Å². The van der Waals surface area contributed by atoms with Gasteiger partial charge in [-0.05, 0) is 68.2 Å². The summed E-state index contributed by atoms with van der Waals surface area (Å²) in [7, 11) is 1.70. The van der Waals surface area contributed by atoms with Crippen molar-refractivity contribution >= 4 is 11.9 Å². The van der Waals surface area contributed by atoms with Crippen molar-refractivity contribution in [1.82, 2.24) is 10.1 Å². The summed E-state index contributed by atoms with van der Waals surface area (Å²) in [5.74, 6) is -0.387. The minimum atomic E-state index is -0.433. The van der Waals surface area contributed by atoms with Crippen molar-refractivity contribution in [2.24, 2.45) is 5.92 Å². The van der Waals surface area contributed by atoms with E-state index >= 15 is 0 Å². The second-order valence-corrected chi connectivity index (χ2v) is 14.2. The molecule has 2 heterocycles. The van der Waals surface area contributed by atoms with Gasteiger partial charge in [-0.2, -0.15) is 10.1 Å². The van der Waals surface area contributed by atoms with Crippen LogP contribution in [0.25, 0.3) is 0 Å². The molecule has 0 spiro atoms. The van der Waals surface area contributed by atoms with E-state index in [0.717, 1.165) is 51.4 Å². The van der Waals surface area contributed by atoms with Crippen molar-refractivity contribution in [1.29, 1.82) is 0 Å². The van der Waals surface area contributed by atoms with E-state index in [-0.39, 0.29) is 41.1 Å². The van der Waals surface area contributed by atoms with Crippen LogP contribution in [0, 0.1) is 5.92 Å². The highest BCUT2D eigenvalue weighted by atomic mass is 16.7. The molecule has 8 nitrogen and oxygen atoms in total. The van der Waals surface area contributed by atoms with Crippen molar-refractivity contribution in [3.63, 3.8) is 0 Å². The van der Waals surface area contributed by atoms with Gasteiger partial charge in [0.25, 0.3) is 0 Å². The number of unbranched alkanes of at least 4 members (excludes halogenated alkanes) is 4. The fourth-order valence-electron chi connectivity index (χ4n) is 6.90. The van der Waals surface area contributed by atoms with Crippen LogP contribution in [-0.4, -0.2) is 68.7 Å². The summed E-state index contributed by atoms with van der Waals surface area (Å²) < 4.78 is 11.7. The molecular formula is C30H56N2O6. The van der Waals surface area contributed by atoms with Gasteiger partial charge in [-0.25, -0.2) is 0 Å². The molecule has 0 aromatic rings. The molecule has 38 heavy (non-hydrogen) atoms. The molecule has 1 atom stereocenters. The van der Waals surface area contributed by atoms with E-state index < -0.39 is 11.1 Å². The molecule has 0 aromatic carbocycles. The number of ether oxygens (including phenoxy) is 2. The summed E-state index contributed by atoms with van der Waals surface area (Å²) in [6.45, 7) is 18.3. The number of rotatable bonds is 12. The van der Waals surface area contributed by atoms with Crippen molar-refractivity contribution < 1.29 is 29.1 Å². The van der Waals surface area contributed by atoms with E-state index in [2.05, 4.69) is 27.7 Å². The summed E-state index contributed by atoms with van der Waals surface area (Å²) in [4.78, 5) is 30.8. The van der Waals surface area contributed by atoms with Crippen molar-refractivity contribution in [2.45, 2.75) is 167 Å². The maximum atomic E-state index is 12.7. The van der Waals surface area contributed by atoms with Gasteiger partial charge in [0.2, 0.25) is 0 Å². The Balaban J connectivity index is 1.61. The Morgan fingerprint density at radius 2 is 1.21 bits per heavy atom. The standard InChI is InChI=1S/C30H56N2O6/c1-22(26(34)38-24-18-27(2,3)31(35)28(4,5)19-24)16-14-12-11-13-15-17-25(33)37-23-20-29(6,7)32(36-10)30(8,9)21-23/h22-24,35H,11-21H2,1-10H3. The molecule has 0 aliphatic carbocycles. The van der Waals surface area contributed by atoms with E-state index in [1.165, 1.54) is 5.06 Å². The van der Waals surface area contributed by atoms with Crippen molar-refractivity contribution in [2.75, 3.05) is 7.11 Å². The first-order valence-electron chi connectivity index (χ1n) is 14.6. The topological polar surface area (TPSA) is 88.5 Å². The molecular weight excluding hydrogens is 484 g/mol. The van der Waals surface area contributed by atoms with E-state index in [0.29, 0.717) is 19.3 Å². The van der Waals surface area contributed by atoms with Gasteiger partial charge in [-0.3, -0.25) is 9.59 Å². The third kappa shape index (κ3) is 8.90. The molecule has 1 unspecified atom stereocenters. The molecule has 8 heteroatoms. The minimum absolute atomic E-state index is 0.0894. The molecule has 2 saturated heterocycles. The molecule has 1 N–H and O–H groups in total. The van der Waals surface area contributed by atoms with Gasteiger partial charge < -0.3 is 19.5 Å². The highest BCUT2D eigenvalue weighted by molar-refractivity contribution is 5.72. The number of nitrogens with zero attached hydrogens (tertiary/aromatic N) is 2. The Morgan fingerprint density at radius 3 is 1.74 bits per heavy atom. The third-order valence-corrected chi connectivity index (χ3v) is 8.34. The Morgan fingerprint density at radius 1 is 0.763 bits per heavy atom. The molecule has 0 amide bonds. The first kappa shape index (κ1) is 33.0. The lowest BCUT2D eigenvalue weighted by Gasteiger charge is -2.52. The lowest BCUT2D eigenvalue weighted by Crippen LogP contribution is -2.61. The van der Waals surface area contributed by atoms with Crippen LogP contribution in [0.1, 0.15) is 133 Å². The lowest BCUT2D eigenvalue weighted by atomic mass is 9.80. The normalized spacial score (nSPS) is 24.6. The van der Waals surface area contributed by atoms with Gasteiger partial charge in [0.15, 0.2) is 0 Å². The zero-order chi connectivity index (χ0) is 28.9. The zero-order valence-electron chi connectivity index (χ0n) is 25.9. The number of piperidine rings is 2. The second kappa shape index (κ2) is 13.0. The number of hydrogen-bond acceptors (Lipinski definition) is 8. The predicted octanol–water partition coefficient (Wildman–Crippen LogP) is 6.43. The molecule has 0 saturated carbocycles. The number of hydroxylamine groups is 4. The highest BCUT2D eigenvalue weighted by Crippen LogP contribution is 2.40. The number of carbonyl (C=O) groups is 2. The Bertz CT molecular complexity index is 758. The molecule has 0 aromatic heterocycles. The van der Waals surface area contributed by atoms with Crippen LogP contribution >= 0.6 is 0 Å². The fourth-order valence-corrected chi connectivity index (χ4v) is 6.90. The summed E-state index contributed by atoms with van der Waals surface area (Å²) in [5, 5.41) is 13.9. The van der Waals surface area contributed by atoms with Crippen molar-refractivity contribution in [3.8, 4) is 0 Å². The van der Waals surface area contributed by atoms with Crippen LogP contribution in [0.4, 0.5) is 0 Å². The zero-order valence-corrected chi connectivity index (χ0v) is 25.9. The smallest absolute Gasteiger partial charge is 0.308 e. The molecule has 2 rings (SSSR count). The van der Waals surface area contributed by atoms with E-state index in [9.17, 15) is 14.8 Å². The van der Waals surface area contributed by atoms with E-state index in [1.807, 2.05) is 39.7 Å². The lowest BCUT2D eigenvalue weighted by molar-refractivity contribution is -0.278. The third-order valence-electron chi connectivity index (χ3n) is 8.34. The van der Waals surface area contributed by atoms with E-state index in [4.69, 9.17) is 14.3 Å². The van der Waals surface area contributed by atoms with Crippen LogP contribution in [0.2, 0.25) is 0 Å². The van der Waals surface area contributed by atoms with Crippen LogP contribution < -0.4 is 0 Å². The van der Waals surface area contributed by atoms with Crippen LogP contribution in [0.5, 0.6) is 0 Å². The highest BCUT2D eigenvalue weighted by Gasteiger charge is 2.48. The number of esters is 2. The first-order valence-corrected chi connectivity index (χ1v) is 14.6. The Kier molecular flexibility index (Phi) is 11.3. The largest absolute Gasteiger partial charge is 0.462 e. The first-order chi connectivity index (χ1) is 17.4. The van der Waals surface area contributed by atoms with Crippen LogP contribution in [-0.2, 0) is 23.9 Å². The number of carbonyl (C=O) groups excluding carboxylic acids is 2. The summed E-state index contributed by atoms with van der Waals surface area (Å²) in [5.41, 5.74) is -1.27. The maximum Gasteiger partial charge on any atom is 0.308 e. The van der Waals surface area contributed by atoms with E-state index in [1.54, 1.807) is 7.11 Å². The molecule has 2 fully saturated rings. The SMILES string of the molecule is CON1C(C)(C)CC(OC(=O)CCCCCCCC(C)C(=O)OC2CC(C)(C)N(O)C(C)(C)C2)CC1(C)C. The van der Waals surface area contributed by atoms with Crippen molar-refractivity contribution in [3.05, 3.63) is 0 Å². The molecule has 2 aliphatic rings. The summed E-state index contributed by atoms with van der Waals surface area (Å²) in [6, 6.07) is 0. The summed E-state index contributed by atoms with van der Waals surface area (Å²) in [6.07, 6.45) is 8.60. The molecule has 222 valence electrons. The average molecular weight is 541 g/mol. The molecule has 2 aliphatic heterocycles. The predicted molar refractivity (Wildman–Crippen MR) is 149 cm³/mol. The van der Waals surface area contributed by atoms with Gasteiger partial charge in [-0.1, -0.05) is 32.6 Å². The van der Waals surface area contributed by atoms with Gasteiger partial charge in [0.1, 0.15) is 12.2 Å². The second-order valence-electron chi connectivity index (χ2n) is 14.2. The average Bonchev–Trinajstić information content (AvgIpc) is 2.74. The minimum Gasteiger partial charge on any atom is -0.462 e. The maximum absolute atomic E-state index is 12.7. The summed E-state index contributed by atoms with van der Waals surface area (Å²) >= 11 is 0. The molecule has 0 radical (unpaired) electrons. The van der Waals surface area contributed by atoms with Gasteiger partial charge >= 0.3 is 11.9 Å². The van der Waals surface area contributed by atoms with Gasteiger partial charge in [0.05, 0.1) is 13.0 Å². The Hall–Kier alpha value is -1.22. The van der Waals surface area contributed by atoms with Gasteiger partial charge in [0, 0.05) is 54.3 Å². The monoisotopic (exact) mass is 540 g/mol. The van der Waals surface area contributed by atoms with Crippen LogP contribution in [0.15, 0.2) is 0 Å². The quantitative estimate of drug-likeness (QED) is 0.224. The van der Waals surface area contributed by atoms with Gasteiger partial charge in [-0.15, -0.1) is 0 Å². The number of hydrogen-bond donors (Lipinski definition) is 1. The molecule has 0 bridgehead atoms. The van der Waals surface area contributed by atoms with Crippen LogP contribution in [0.3, 0.4) is 0 Å².